The lowest BCUT2D eigenvalue weighted by Gasteiger charge is -2.07. The molecule has 0 fully saturated rings. The Labute approximate surface area is 105 Å². The van der Waals surface area contributed by atoms with Crippen LogP contribution in [-0.2, 0) is 6.42 Å². The minimum Gasteiger partial charge on any atom is -0.386 e. The van der Waals surface area contributed by atoms with E-state index in [1.54, 1.807) is 11.3 Å². The summed E-state index contributed by atoms with van der Waals surface area (Å²) in [7, 11) is 0. The number of rotatable bonds is 3. The molecular weight excluding hydrogens is 293 g/mol. The monoisotopic (exact) mass is 301 g/mol. The van der Waals surface area contributed by atoms with E-state index in [4.69, 9.17) is 0 Å². The molecule has 2 nitrogen and oxygen atoms in total. The van der Waals surface area contributed by atoms with E-state index < -0.39 is 11.9 Å². The number of aliphatic hydroxyl groups is 1. The van der Waals surface area contributed by atoms with Gasteiger partial charge < -0.3 is 5.11 Å². The zero-order valence-electron chi connectivity index (χ0n) is 8.23. The minimum absolute atomic E-state index is 0.394. The van der Waals surface area contributed by atoms with Gasteiger partial charge >= 0.3 is 0 Å². The zero-order valence-corrected chi connectivity index (χ0v) is 10.6. The molecule has 0 aliphatic carbocycles. The highest BCUT2D eigenvalue weighted by molar-refractivity contribution is 9.11. The van der Waals surface area contributed by atoms with Gasteiger partial charge in [-0.15, -0.1) is 11.3 Å². The Bertz CT molecular complexity index is 471. The molecule has 84 valence electrons. The maximum Gasteiger partial charge on any atom is 0.141 e. The summed E-state index contributed by atoms with van der Waals surface area (Å²) in [5.74, 6) is -0.394. The minimum atomic E-state index is -0.689. The molecule has 2 aromatic heterocycles. The molecule has 1 unspecified atom stereocenters. The largest absolute Gasteiger partial charge is 0.386 e. The number of nitrogens with zero attached hydrogens (tertiary/aromatic N) is 1. The predicted octanol–water partition coefficient (Wildman–Crippen LogP) is 3.32. The lowest BCUT2D eigenvalue weighted by molar-refractivity contribution is 0.174. The molecule has 16 heavy (non-hydrogen) atoms. The summed E-state index contributed by atoms with van der Waals surface area (Å²) in [6.07, 6.45) is 0.920. The van der Waals surface area contributed by atoms with E-state index in [0.717, 1.165) is 14.9 Å². The number of halogens is 2. The second kappa shape index (κ2) is 5.03. The summed E-state index contributed by atoms with van der Waals surface area (Å²) in [5.41, 5.74) is 0.492. The highest BCUT2D eigenvalue weighted by Gasteiger charge is 2.11. The van der Waals surface area contributed by atoms with Gasteiger partial charge in [-0.3, -0.25) is 4.98 Å². The van der Waals surface area contributed by atoms with Crippen molar-refractivity contribution in [3.63, 3.8) is 0 Å². The Balaban J connectivity index is 2.08. The molecule has 0 bridgehead atoms. The van der Waals surface area contributed by atoms with Crippen LogP contribution < -0.4 is 0 Å². The van der Waals surface area contributed by atoms with Crippen molar-refractivity contribution in [2.75, 3.05) is 0 Å². The molecule has 0 aliphatic heterocycles. The van der Waals surface area contributed by atoms with Crippen molar-refractivity contribution >= 4 is 27.3 Å². The first-order chi connectivity index (χ1) is 7.65. The molecule has 0 aliphatic rings. The van der Waals surface area contributed by atoms with Gasteiger partial charge in [0, 0.05) is 11.3 Å². The highest BCUT2D eigenvalue weighted by Crippen LogP contribution is 2.26. The third kappa shape index (κ3) is 2.87. The normalized spacial score (nSPS) is 12.7. The van der Waals surface area contributed by atoms with Crippen LogP contribution in [-0.4, -0.2) is 10.1 Å². The van der Waals surface area contributed by atoms with Crippen LogP contribution in [0.3, 0.4) is 0 Å². The van der Waals surface area contributed by atoms with Crippen LogP contribution in [0, 0.1) is 5.82 Å². The Morgan fingerprint density at radius 1 is 1.38 bits per heavy atom. The van der Waals surface area contributed by atoms with Gasteiger partial charge in [-0.05, 0) is 40.2 Å². The van der Waals surface area contributed by atoms with Gasteiger partial charge in [0.1, 0.15) is 11.9 Å². The molecule has 0 saturated carbocycles. The Morgan fingerprint density at radius 2 is 2.19 bits per heavy atom. The van der Waals surface area contributed by atoms with E-state index in [1.165, 1.54) is 12.1 Å². The Kier molecular flexibility index (Phi) is 3.68. The molecule has 2 heterocycles. The molecule has 0 aromatic carbocycles. The van der Waals surface area contributed by atoms with Crippen molar-refractivity contribution in [3.8, 4) is 0 Å². The topological polar surface area (TPSA) is 33.1 Å². The number of pyridine rings is 1. The van der Waals surface area contributed by atoms with Gasteiger partial charge in [0.15, 0.2) is 0 Å². The predicted molar refractivity (Wildman–Crippen MR) is 64.9 cm³/mol. The molecule has 5 heteroatoms. The van der Waals surface area contributed by atoms with Crippen LogP contribution in [0.4, 0.5) is 4.39 Å². The van der Waals surface area contributed by atoms with Crippen molar-refractivity contribution in [1.29, 1.82) is 0 Å². The van der Waals surface area contributed by atoms with Crippen LogP contribution in [0.15, 0.2) is 34.2 Å². The summed E-state index contributed by atoms with van der Waals surface area (Å²) >= 11 is 4.93. The van der Waals surface area contributed by atoms with Crippen LogP contribution in [0.1, 0.15) is 16.7 Å². The van der Waals surface area contributed by atoms with Gasteiger partial charge in [0.25, 0.3) is 0 Å². The lowest BCUT2D eigenvalue weighted by atomic mass is 10.1. The summed E-state index contributed by atoms with van der Waals surface area (Å²) < 4.78 is 13.7. The van der Waals surface area contributed by atoms with E-state index in [2.05, 4.69) is 20.9 Å². The molecule has 0 saturated heterocycles. The Morgan fingerprint density at radius 3 is 2.75 bits per heavy atom. The first kappa shape index (κ1) is 11.7. The summed E-state index contributed by atoms with van der Waals surface area (Å²) in [6, 6.07) is 6.69. The maximum atomic E-state index is 12.6. The number of hydrogen-bond acceptors (Lipinski definition) is 3. The molecular formula is C11H9BrFNOS. The molecule has 2 aromatic rings. The van der Waals surface area contributed by atoms with Crippen LogP contribution in [0.2, 0.25) is 0 Å². The van der Waals surface area contributed by atoms with Crippen molar-refractivity contribution < 1.29 is 9.50 Å². The standard InChI is InChI=1S/C11H9BrFNOS/c12-11-4-2-8(16-11)5-10(15)9-3-1-7(13)6-14-9/h1-4,6,10,15H,5H2. The van der Waals surface area contributed by atoms with Crippen LogP contribution in [0.25, 0.3) is 0 Å². The zero-order chi connectivity index (χ0) is 11.5. The van der Waals surface area contributed by atoms with Crippen LogP contribution >= 0.6 is 27.3 Å². The smallest absolute Gasteiger partial charge is 0.141 e. The lowest BCUT2D eigenvalue weighted by Crippen LogP contribution is -2.03. The molecule has 1 N–H and O–H groups in total. The van der Waals surface area contributed by atoms with Gasteiger partial charge in [0.2, 0.25) is 0 Å². The second-order valence-corrected chi connectivity index (χ2v) is 5.87. The average molecular weight is 302 g/mol. The molecule has 2 rings (SSSR count). The quantitative estimate of drug-likeness (QED) is 0.943. The maximum absolute atomic E-state index is 12.6. The van der Waals surface area contributed by atoms with E-state index in [0.29, 0.717) is 12.1 Å². The number of hydrogen-bond donors (Lipinski definition) is 1. The molecule has 1 atom stereocenters. The van der Waals surface area contributed by atoms with Gasteiger partial charge in [-0.1, -0.05) is 0 Å². The van der Waals surface area contributed by atoms with Gasteiger partial charge in [-0.25, -0.2) is 4.39 Å². The SMILES string of the molecule is OC(Cc1ccc(Br)s1)c1ccc(F)cn1. The van der Waals surface area contributed by atoms with Crippen molar-refractivity contribution in [2.24, 2.45) is 0 Å². The summed E-state index contributed by atoms with van der Waals surface area (Å²) in [4.78, 5) is 4.91. The fourth-order valence-corrected chi connectivity index (χ4v) is 2.86. The van der Waals surface area contributed by atoms with Crippen molar-refractivity contribution in [3.05, 3.63) is 50.6 Å². The highest BCUT2D eigenvalue weighted by atomic mass is 79.9. The first-order valence-corrected chi connectivity index (χ1v) is 6.30. The van der Waals surface area contributed by atoms with Gasteiger partial charge in [0.05, 0.1) is 15.7 Å². The summed E-state index contributed by atoms with van der Waals surface area (Å²) in [6.45, 7) is 0. The molecule has 0 amide bonds. The van der Waals surface area contributed by atoms with E-state index in [9.17, 15) is 9.50 Å². The first-order valence-electron chi connectivity index (χ1n) is 4.69. The number of thiophene rings is 1. The fourth-order valence-electron chi connectivity index (χ4n) is 1.34. The van der Waals surface area contributed by atoms with Crippen LogP contribution in [0.5, 0.6) is 0 Å². The van der Waals surface area contributed by atoms with Crippen molar-refractivity contribution in [2.45, 2.75) is 12.5 Å². The van der Waals surface area contributed by atoms with E-state index in [1.807, 2.05) is 12.1 Å². The van der Waals surface area contributed by atoms with E-state index in [-0.39, 0.29) is 0 Å². The number of aliphatic hydroxyl groups excluding tert-OH is 1. The Hall–Kier alpha value is -0.780. The third-order valence-electron chi connectivity index (χ3n) is 2.12. The van der Waals surface area contributed by atoms with Gasteiger partial charge in [-0.2, -0.15) is 0 Å². The fraction of sp³-hybridized carbons (Fsp3) is 0.182. The average Bonchev–Trinajstić information content (AvgIpc) is 2.65. The second-order valence-electron chi connectivity index (χ2n) is 3.33. The summed E-state index contributed by atoms with van der Waals surface area (Å²) in [5, 5.41) is 9.88. The third-order valence-corrected chi connectivity index (χ3v) is 3.76. The number of aromatic nitrogens is 1. The van der Waals surface area contributed by atoms with E-state index >= 15 is 0 Å². The van der Waals surface area contributed by atoms with Crippen molar-refractivity contribution in [1.82, 2.24) is 4.98 Å². The molecule has 0 radical (unpaired) electrons. The molecule has 0 spiro atoms.